The van der Waals surface area contributed by atoms with Crippen molar-refractivity contribution in [3.63, 3.8) is 0 Å². The third kappa shape index (κ3) is 4.76. The molecule has 7 heteroatoms. The maximum absolute atomic E-state index is 12.5. The molecule has 0 aliphatic rings. The van der Waals surface area contributed by atoms with E-state index in [-0.39, 0.29) is 11.6 Å². The Labute approximate surface area is 98.9 Å². The highest BCUT2D eigenvalue weighted by atomic mass is 35.5. The number of aromatic nitrogens is 1. The zero-order valence-corrected chi connectivity index (χ0v) is 10.1. The fourth-order valence-electron chi connectivity index (χ4n) is 1.03. The number of nitrogens with one attached hydrogen (secondary N) is 1. The van der Waals surface area contributed by atoms with E-state index < -0.39 is 15.8 Å². The first-order valence-electron chi connectivity index (χ1n) is 4.71. The van der Waals surface area contributed by atoms with Crippen LogP contribution in [0.1, 0.15) is 12.8 Å². The highest BCUT2D eigenvalue weighted by Crippen LogP contribution is 2.07. The topological polar surface area (TPSA) is 59.1 Å². The Kier molecular flexibility index (Phi) is 4.95. The van der Waals surface area contributed by atoms with Crippen molar-refractivity contribution in [1.29, 1.82) is 0 Å². The molecule has 4 nitrogen and oxygen atoms in total. The van der Waals surface area contributed by atoms with Crippen LogP contribution >= 0.6 is 11.6 Å². The molecule has 1 N–H and O–H groups in total. The lowest BCUT2D eigenvalue weighted by molar-refractivity contribution is 0.597. The normalized spacial score (nSPS) is 11.4. The molecule has 0 bridgehead atoms. The van der Waals surface area contributed by atoms with E-state index >= 15 is 0 Å². The fraction of sp³-hybridized carbons (Fsp3) is 0.444. The van der Waals surface area contributed by atoms with Crippen LogP contribution in [-0.4, -0.2) is 25.0 Å². The van der Waals surface area contributed by atoms with Crippen LogP contribution in [-0.2, 0) is 10.0 Å². The fourth-order valence-corrected chi connectivity index (χ4v) is 2.35. The van der Waals surface area contributed by atoms with Gasteiger partial charge in [0.25, 0.3) is 0 Å². The molecule has 0 saturated carbocycles. The van der Waals surface area contributed by atoms with E-state index in [1.54, 1.807) is 0 Å². The van der Waals surface area contributed by atoms with Gasteiger partial charge >= 0.3 is 0 Å². The second-order valence-corrected chi connectivity index (χ2v) is 5.40. The van der Waals surface area contributed by atoms with Crippen LogP contribution in [0.25, 0.3) is 0 Å². The summed E-state index contributed by atoms with van der Waals surface area (Å²) >= 11 is 5.44. The zero-order valence-electron chi connectivity index (χ0n) is 8.49. The van der Waals surface area contributed by atoms with Crippen LogP contribution < -0.4 is 4.72 Å². The van der Waals surface area contributed by atoms with E-state index in [4.69, 9.17) is 11.6 Å². The Bertz CT molecular complexity index is 422. The van der Waals surface area contributed by atoms with Gasteiger partial charge in [-0.1, -0.05) is 0 Å². The number of sulfonamides is 1. The van der Waals surface area contributed by atoms with Gasteiger partial charge in [0.15, 0.2) is 0 Å². The Hall–Kier alpha value is -0.880. The highest BCUT2D eigenvalue weighted by Gasteiger charge is 2.10. The number of rotatable bonds is 6. The van der Waals surface area contributed by atoms with Crippen molar-refractivity contribution >= 4 is 27.4 Å². The lowest BCUT2D eigenvalue weighted by atomic mass is 10.4. The van der Waals surface area contributed by atoms with Crippen LogP contribution in [0.5, 0.6) is 0 Å². The minimum atomic E-state index is -3.41. The van der Waals surface area contributed by atoms with Crippen molar-refractivity contribution in [3.8, 4) is 0 Å². The largest absolute Gasteiger partial charge is 0.267 e. The molecule has 0 unspecified atom stereocenters. The Morgan fingerprint density at radius 3 is 2.69 bits per heavy atom. The molecule has 1 aromatic heterocycles. The molecule has 1 rings (SSSR count). The van der Waals surface area contributed by atoms with E-state index in [1.165, 1.54) is 6.07 Å². The zero-order chi connectivity index (χ0) is 12.0. The second kappa shape index (κ2) is 6.00. The number of anilines is 1. The van der Waals surface area contributed by atoms with Crippen LogP contribution in [0.3, 0.4) is 0 Å². The first-order chi connectivity index (χ1) is 7.53. The predicted molar refractivity (Wildman–Crippen MR) is 61.6 cm³/mol. The van der Waals surface area contributed by atoms with Gasteiger partial charge in [-0.05, 0) is 25.0 Å². The molecular weight excluding hydrogens is 255 g/mol. The second-order valence-electron chi connectivity index (χ2n) is 3.18. The van der Waals surface area contributed by atoms with E-state index in [0.29, 0.717) is 18.7 Å². The van der Waals surface area contributed by atoms with Crippen molar-refractivity contribution in [3.05, 3.63) is 24.1 Å². The number of halogens is 2. The van der Waals surface area contributed by atoms with Crippen molar-refractivity contribution in [1.82, 2.24) is 4.98 Å². The van der Waals surface area contributed by atoms with Crippen molar-refractivity contribution < 1.29 is 12.8 Å². The Morgan fingerprint density at radius 2 is 2.12 bits per heavy atom. The van der Waals surface area contributed by atoms with E-state index in [0.717, 1.165) is 12.3 Å². The molecule has 0 spiro atoms. The van der Waals surface area contributed by atoms with Crippen LogP contribution in [0.15, 0.2) is 18.3 Å². The molecule has 0 fully saturated rings. The van der Waals surface area contributed by atoms with Crippen molar-refractivity contribution in [2.24, 2.45) is 0 Å². The molecular formula is C9H12ClFN2O2S. The molecule has 16 heavy (non-hydrogen) atoms. The molecule has 0 amide bonds. The smallest absolute Gasteiger partial charge is 0.233 e. The SMILES string of the molecule is O=S(=O)(CCCCCl)Nc1ccc(F)cn1. The molecule has 1 aromatic rings. The summed E-state index contributed by atoms with van der Waals surface area (Å²) in [6.45, 7) is 0. The summed E-state index contributed by atoms with van der Waals surface area (Å²) in [5, 5.41) is 0. The minimum Gasteiger partial charge on any atom is -0.267 e. The number of unbranched alkanes of at least 4 members (excludes halogenated alkanes) is 1. The molecule has 0 saturated heterocycles. The lowest BCUT2D eigenvalue weighted by Crippen LogP contribution is -2.17. The molecule has 0 atom stereocenters. The predicted octanol–water partition coefficient (Wildman–Crippen LogP) is 1.98. The van der Waals surface area contributed by atoms with E-state index in [1.807, 2.05) is 0 Å². The number of nitrogens with zero attached hydrogens (tertiary/aromatic N) is 1. The van der Waals surface area contributed by atoms with Crippen LogP contribution in [0.2, 0.25) is 0 Å². The van der Waals surface area contributed by atoms with E-state index in [2.05, 4.69) is 9.71 Å². The minimum absolute atomic E-state index is 0.0151. The summed E-state index contributed by atoms with van der Waals surface area (Å²) in [6.07, 6.45) is 2.08. The maximum Gasteiger partial charge on any atom is 0.233 e. The molecule has 0 aliphatic heterocycles. The Morgan fingerprint density at radius 1 is 1.38 bits per heavy atom. The third-order valence-electron chi connectivity index (χ3n) is 1.78. The maximum atomic E-state index is 12.5. The summed E-state index contributed by atoms with van der Waals surface area (Å²) in [6, 6.07) is 2.41. The third-order valence-corrected chi connectivity index (χ3v) is 3.40. The van der Waals surface area contributed by atoms with Gasteiger partial charge < -0.3 is 0 Å². The molecule has 90 valence electrons. The number of hydrogen-bond donors (Lipinski definition) is 1. The van der Waals surface area contributed by atoms with Crippen molar-refractivity contribution in [2.45, 2.75) is 12.8 Å². The molecule has 1 heterocycles. The first-order valence-corrected chi connectivity index (χ1v) is 6.90. The van der Waals surface area contributed by atoms with Gasteiger partial charge in [0.1, 0.15) is 11.6 Å². The monoisotopic (exact) mass is 266 g/mol. The molecule has 0 radical (unpaired) electrons. The number of hydrogen-bond acceptors (Lipinski definition) is 3. The van der Waals surface area contributed by atoms with Gasteiger partial charge in [-0.3, -0.25) is 4.72 Å². The first kappa shape index (κ1) is 13.2. The summed E-state index contributed by atoms with van der Waals surface area (Å²) in [5.74, 6) is 0.0284. The quantitative estimate of drug-likeness (QED) is 0.633. The average molecular weight is 267 g/mol. The summed E-state index contributed by atoms with van der Waals surface area (Å²) in [4.78, 5) is 3.60. The van der Waals surface area contributed by atoms with Gasteiger partial charge in [-0.25, -0.2) is 17.8 Å². The van der Waals surface area contributed by atoms with Gasteiger partial charge in [0.2, 0.25) is 10.0 Å². The van der Waals surface area contributed by atoms with Crippen molar-refractivity contribution in [2.75, 3.05) is 16.4 Å². The Balaban J connectivity index is 2.55. The van der Waals surface area contributed by atoms with Gasteiger partial charge in [0, 0.05) is 5.88 Å². The molecule has 0 aromatic carbocycles. The summed E-state index contributed by atoms with van der Waals surface area (Å²) < 4.78 is 37.7. The lowest BCUT2D eigenvalue weighted by Gasteiger charge is -2.06. The molecule has 0 aliphatic carbocycles. The summed E-state index contributed by atoms with van der Waals surface area (Å²) in [5.41, 5.74) is 0. The average Bonchev–Trinajstić information content (AvgIpc) is 2.21. The van der Waals surface area contributed by atoms with E-state index in [9.17, 15) is 12.8 Å². The van der Waals surface area contributed by atoms with Crippen LogP contribution in [0.4, 0.5) is 10.2 Å². The number of alkyl halides is 1. The van der Waals surface area contributed by atoms with Gasteiger partial charge in [-0.2, -0.15) is 0 Å². The van der Waals surface area contributed by atoms with Crippen LogP contribution in [0, 0.1) is 5.82 Å². The summed E-state index contributed by atoms with van der Waals surface area (Å²) in [7, 11) is -3.41. The standard InChI is InChI=1S/C9H12ClFN2O2S/c10-5-1-2-6-16(14,15)13-9-4-3-8(11)7-12-9/h3-4,7H,1-2,5-6H2,(H,12,13). The van der Waals surface area contributed by atoms with Gasteiger partial charge in [-0.15, -0.1) is 11.6 Å². The van der Waals surface area contributed by atoms with Gasteiger partial charge in [0.05, 0.1) is 11.9 Å². The highest BCUT2D eigenvalue weighted by molar-refractivity contribution is 7.92. The number of pyridine rings is 1.